The SMILES string of the molecule is CCCCCCCCCCOc1cc2cnc3cc(OCCCCCCCCCC)c(OCCCCCCCCCC)cc3ncc3cc(OCCCCCCCCCC)cc(cnc4cc(OCCCCCCCCCC)c(OCCCCCCCCCC)cc4ncc(c1)n2)n3. The molecule has 0 radical (unpaired) electrons. The molecule has 5 aromatic rings. The molecule has 0 spiro atoms. The van der Waals surface area contributed by atoms with Crippen molar-refractivity contribution in [2.45, 2.75) is 350 Å². The Balaban J connectivity index is 1.68. The van der Waals surface area contributed by atoms with Gasteiger partial charge in [-0.25, -0.2) is 9.97 Å². The fraction of sp³-hybridized carbons (Fsp3) is 0.698. The Kier molecular flexibility index (Phi) is 48.1. The summed E-state index contributed by atoms with van der Waals surface area (Å²) in [5.41, 5.74) is 4.96. The molecule has 0 saturated heterocycles. The highest BCUT2D eigenvalue weighted by atomic mass is 16.5. The van der Waals surface area contributed by atoms with Crippen LogP contribution in [0.2, 0.25) is 0 Å². The van der Waals surface area contributed by atoms with Gasteiger partial charge in [0.05, 0.1) is 109 Å². The second-order valence-corrected chi connectivity index (χ2v) is 27.9. The molecule has 3 heterocycles. The Bertz CT molecular complexity index is 2630. The van der Waals surface area contributed by atoms with Crippen molar-refractivity contribution in [3.8, 4) is 34.5 Å². The number of hydrogen-bond donors (Lipinski definition) is 0. The fourth-order valence-corrected chi connectivity index (χ4v) is 12.5. The Morgan fingerprint density at radius 2 is 0.357 bits per heavy atom. The molecule has 3 aromatic heterocycles. The summed E-state index contributed by atoms with van der Waals surface area (Å²) in [5.74, 6) is 4.08. The molecule has 0 unspecified atom stereocenters. The zero-order chi connectivity index (χ0) is 69.2. The fourth-order valence-electron chi connectivity index (χ4n) is 12.5. The van der Waals surface area contributed by atoms with Crippen LogP contribution in [0.15, 0.2) is 73.3 Å². The summed E-state index contributed by atoms with van der Waals surface area (Å²) in [4.78, 5) is 31.3. The zero-order valence-electron chi connectivity index (χ0n) is 63.2. The number of nitrogens with zero attached hydrogens (tertiary/aromatic N) is 6. The van der Waals surface area contributed by atoms with Gasteiger partial charge in [-0.3, -0.25) is 19.9 Å². The maximum absolute atomic E-state index is 6.72. The number of hydrogen-bond acceptors (Lipinski definition) is 12. The second-order valence-electron chi connectivity index (χ2n) is 27.9. The lowest BCUT2D eigenvalue weighted by Gasteiger charge is -2.14. The summed E-state index contributed by atoms with van der Waals surface area (Å²) in [6, 6.07) is 15.9. The molecule has 0 N–H and O–H groups in total. The van der Waals surface area contributed by atoms with E-state index in [1.54, 1.807) is 0 Å². The van der Waals surface area contributed by atoms with Crippen LogP contribution in [0.3, 0.4) is 0 Å². The number of pyridine rings is 2. The maximum Gasteiger partial charge on any atom is 0.163 e. The summed E-state index contributed by atoms with van der Waals surface area (Å²) in [6.45, 7) is 17.2. The molecule has 12 nitrogen and oxygen atoms in total. The van der Waals surface area contributed by atoms with E-state index in [-0.39, 0.29) is 0 Å². The number of benzene rings is 2. The van der Waals surface area contributed by atoms with Gasteiger partial charge in [0.1, 0.15) is 11.5 Å². The van der Waals surface area contributed by atoms with E-state index in [1.807, 2.05) is 73.3 Å². The average Bonchev–Trinajstić information content (AvgIpc) is 0.831. The van der Waals surface area contributed by atoms with E-state index in [4.69, 9.17) is 58.3 Å². The minimum absolute atomic E-state index is 0.584. The molecule has 98 heavy (non-hydrogen) atoms. The largest absolute Gasteiger partial charge is 0.493 e. The van der Waals surface area contributed by atoms with E-state index in [0.29, 0.717) is 118 Å². The van der Waals surface area contributed by atoms with Gasteiger partial charge in [0, 0.05) is 48.5 Å². The predicted molar refractivity (Wildman–Crippen MR) is 416 cm³/mol. The van der Waals surface area contributed by atoms with Crippen LogP contribution in [-0.4, -0.2) is 69.5 Å². The number of unbranched alkanes of at least 4 members (excludes halogenated alkanes) is 42. The van der Waals surface area contributed by atoms with Crippen LogP contribution in [0.25, 0.3) is 44.1 Å². The molecule has 5 rings (SSSR count). The monoisotopic (exact) mass is 1350 g/mol. The summed E-state index contributed by atoms with van der Waals surface area (Å²) >= 11 is 0. The van der Waals surface area contributed by atoms with Crippen LogP contribution in [0.5, 0.6) is 34.5 Å². The van der Waals surface area contributed by atoms with Crippen LogP contribution in [0.1, 0.15) is 350 Å². The molecule has 2 aromatic carbocycles. The Hall–Kier alpha value is -5.78. The van der Waals surface area contributed by atoms with Crippen LogP contribution in [-0.2, 0) is 0 Å². The van der Waals surface area contributed by atoms with Gasteiger partial charge in [-0.05, 0) is 38.5 Å². The predicted octanol–water partition coefficient (Wildman–Crippen LogP) is 26.6. The van der Waals surface area contributed by atoms with Crippen LogP contribution in [0, 0.1) is 0 Å². The molecular weight excluding hydrogens is 1210 g/mol. The van der Waals surface area contributed by atoms with Crippen LogP contribution >= 0.6 is 0 Å². The molecule has 0 amide bonds. The molecule has 0 saturated carbocycles. The zero-order valence-corrected chi connectivity index (χ0v) is 63.2. The number of aromatic nitrogens is 6. The third-order valence-corrected chi connectivity index (χ3v) is 18.7. The van der Waals surface area contributed by atoms with E-state index < -0.39 is 0 Å². The normalized spacial score (nSPS) is 11.3. The minimum Gasteiger partial charge on any atom is -0.493 e. The average molecular weight is 1350 g/mol. The Labute approximate surface area is 596 Å². The first-order valence-corrected chi connectivity index (χ1v) is 40.8. The van der Waals surface area contributed by atoms with Gasteiger partial charge in [-0.1, -0.05) is 311 Å². The third-order valence-electron chi connectivity index (χ3n) is 18.7. The van der Waals surface area contributed by atoms with E-state index in [9.17, 15) is 0 Å². The van der Waals surface area contributed by atoms with Crippen LogP contribution in [0.4, 0.5) is 0 Å². The molecule has 0 aliphatic carbocycles. The smallest absolute Gasteiger partial charge is 0.163 e. The summed E-state index contributed by atoms with van der Waals surface area (Å²) in [7, 11) is 0. The second kappa shape index (κ2) is 56.9. The molecular formula is C86H138N6O6. The molecule has 0 atom stereocenters. The van der Waals surface area contributed by atoms with Crippen molar-refractivity contribution in [2.75, 3.05) is 39.6 Å². The highest BCUT2D eigenvalue weighted by molar-refractivity contribution is 5.80. The first-order chi connectivity index (χ1) is 48.5. The van der Waals surface area contributed by atoms with E-state index >= 15 is 0 Å². The molecule has 4 bridgehead atoms. The number of rotatable bonds is 60. The van der Waals surface area contributed by atoms with Crippen molar-refractivity contribution in [1.29, 1.82) is 0 Å². The van der Waals surface area contributed by atoms with Gasteiger partial charge in [-0.15, -0.1) is 0 Å². The van der Waals surface area contributed by atoms with E-state index in [0.717, 1.165) is 77.0 Å². The number of fused-ring (bicyclic) bond motifs is 6. The molecule has 12 heteroatoms. The Morgan fingerprint density at radius 1 is 0.194 bits per heavy atom. The van der Waals surface area contributed by atoms with Gasteiger partial charge in [-0.2, -0.15) is 0 Å². The first kappa shape index (κ1) is 82.9. The van der Waals surface area contributed by atoms with Crippen molar-refractivity contribution >= 4 is 44.1 Å². The number of ether oxygens (including phenoxy) is 6. The van der Waals surface area contributed by atoms with Gasteiger partial charge in [0.25, 0.3) is 0 Å². The lowest BCUT2D eigenvalue weighted by molar-refractivity contribution is 0.259. The van der Waals surface area contributed by atoms with Gasteiger partial charge >= 0.3 is 0 Å². The first-order valence-electron chi connectivity index (χ1n) is 40.8. The van der Waals surface area contributed by atoms with Gasteiger partial charge in [0.2, 0.25) is 0 Å². The molecule has 0 aliphatic rings. The minimum atomic E-state index is 0.584. The van der Waals surface area contributed by atoms with Crippen LogP contribution < -0.4 is 28.4 Å². The van der Waals surface area contributed by atoms with Gasteiger partial charge in [0.15, 0.2) is 23.0 Å². The summed E-state index contributed by atoms with van der Waals surface area (Å²) in [5, 5.41) is 0. The highest BCUT2D eigenvalue weighted by Crippen LogP contribution is 2.34. The lowest BCUT2D eigenvalue weighted by Crippen LogP contribution is -2.03. The topological polar surface area (TPSA) is 133 Å². The summed E-state index contributed by atoms with van der Waals surface area (Å²) in [6.07, 6.45) is 65.8. The molecule has 0 fully saturated rings. The molecule has 0 aliphatic heterocycles. The van der Waals surface area contributed by atoms with Gasteiger partial charge < -0.3 is 28.4 Å². The van der Waals surface area contributed by atoms with E-state index in [2.05, 4.69) is 41.5 Å². The van der Waals surface area contributed by atoms with Crippen molar-refractivity contribution in [2.24, 2.45) is 0 Å². The highest BCUT2D eigenvalue weighted by Gasteiger charge is 2.13. The van der Waals surface area contributed by atoms with E-state index in [1.165, 1.54) is 231 Å². The Morgan fingerprint density at radius 3 is 0.541 bits per heavy atom. The molecule has 548 valence electrons. The van der Waals surface area contributed by atoms with Crippen molar-refractivity contribution < 1.29 is 28.4 Å². The summed E-state index contributed by atoms with van der Waals surface area (Å²) < 4.78 is 40.1. The lowest BCUT2D eigenvalue weighted by atomic mass is 10.1. The standard InChI is InChI=1S/C86H138N6O6/c1-7-13-19-25-31-37-43-49-55-93-77-61-73-69-87-79-65-83(95-57-51-45-39-33-27-21-15-9-3)85(97-59-53-47-41-35-29-23-17-11-5)67-81(79)89-71-75-63-78(94-56-50-44-38-32-26-20-14-8-2)64-76(92-75)72-90-82-68-86(98-60-54-48-42-36-30-24-18-12-6)84(66-80(82)88-70-74(62-77)91-73)96-58-52-46-40-34-28-22-16-10-4/h61-72H,7-60H2,1-6H3. The third kappa shape index (κ3) is 38.7. The quantitative estimate of drug-likeness (QED) is 0.0343. The van der Waals surface area contributed by atoms with Crippen molar-refractivity contribution in [3.05, 3.63) is 73.3 Å². The van der Waals surface area contributed by atoms with Crippen molar-refractivity contribution in [3.63, 3.8) is 0 Å². The van der Waals surface area contributed by atoms with Crippen molar-refractivity contribution in [1.82, 2.24) is 29.9 Å². The maximum atomic E-state index is 6.72.